The van der Waals surface area contributed by atoms with Crippen LogP contribution >= 0.6 is 11.6 Å². The standard InChI is InChI=1S/C16H19ClN2O4/c1-5-6-7-8-19(2)15-12-10(13(23-15)16(20)22-4)9-11(21-3)18-14(12)17/h5,9H,1,6-8H2,2-4H3. The molecule has 0 saturated carbocycles. The number of rotatable bonds is 7. The number of ether oxygens (including phenoxy) is 2. The Morgan fingerprint density at radius 1 is 1.52 bits per heavy atom. The molecule has 124 valence electrons. The first kappa shape index (κ1) is 17.1. The topological polar surface area (TPSA) is 64.8 Å². The molecule has 23 heavy (non-hydrogen) atoms. The van der Waals surface area contributed by atoms with Crippen molar-refractivity contribution < 1.29 is 18.7 Å². The Labute approximate surface area is 139 Å². The summed E-state index contributed by atoms with van der Waals surface area (Å²) >= 11 is 6.27. The zero-order valence-corrected chi connectivity index (χ0v) is 14.1. The summed E-state index contributed by atoms with van der Waals surface area (Å²) in [5.41, 5.74) is 0. The van der Waals surface area contributed by atoms with Gasteiger partial charge in [-0.1, -0.05) is 17.7 Å². The van der Waals surface area contributed by atoms with Crippen LogP contribution in [-0.4, -0.2) is 38.8 Å². The Balaban J connectivity index is 2.56. The lowest BCUT2D eigenvalue weighted by molar-refractivity contribution is 0.0569. The first-order valence-corrected chi connectivity index (χ1v) is 7.48. The molecule has 0 radical (unpaired) electrons. The number of furan rings is 1. The van der Waals surface area contributed by atoms with Gasteiger partial charge in [-0.2, -0.15) is 0 Å². The zero-order valence-electron chi connectivity index (χ0n) is 13.4. The fourth-order valence-electron chi connectivity index (χ4n) is 2.27. The molecule has 2 aromatic heterocycles. The third-order valence-electron chi connectivity index (χ3n) is 3.44. The van der Waals surface area contributed by atoms with Gasteiger partial charge in [0, 0.05) is 25.0 Å². The monoisotopic (exact) mass is 338 g/mol. The number of halogens is 1. The SMILES string of the molecule is C=CCCCN(C)c1oc(C(=O)OC)c2cc(OC)nc(Cl)c12. The summed E-state index contributed by atoms with van der Waals surface area (Å²) in [5.74, 6) is 0.277. The summed E-state index contributed by atoms with van der Waals surface area (Å²) in [5, 5.41) is 1.29. The fraction of sp³-hybridized carbons (Fsp3) is 0.375. The maximum absolute atomic E-state index is 12.0. The Hall–Kier alpha value is -2.21. The first-order chi connectivity index (χ1) is 11.0. The quantitative estimate of drug-likeness (QED) is 0.332. The van der Waals surface area contributed by atoms with E-state index in [1.165, 1.54) is 14.2 Å². The van der Waals surface area contributed by atoms with E-state index >= 15 is 0 Å². The third kappa shape index (κ3) is 3.42. The molecule has 0 spiro atoms. The molecule has 2 rings (SSSR count). The van der Waals surface area contributed by atoms with Crippen LogP contribution in [0, 0.1) is 0 Å². The van der Waals surface area contributed by atoms with Gasteiger partial charge in [0.1, 0.15) is 5.15 Å². The van der Waals surface area contributed by atoms with Gasteiger partial charge < -0.3 is 18.8 Å². The van der Waals surface area contributed by atoms with Gasteiger partial charge in [0.2, 0.25) is 17.5 Å². The summed E-state index contributed by atoms with van der Waals surface area (Å²) in [6.45, 7) is 4.42. The van der Waals surface area contributed by atoms with Crippen molar-refractivity contribution >= 4 is 34.2 Å². The van der Waals surface area contributed by atoms with Crippen molar-refractivity contribution in [1.29, 1.82) is 0 Å². The minimum atomic E-state index is -0.579. The lowest BCUT2D eigenvalue weighted by Crippen LogP contribution is -2.18. The zero-order chi connectivity index (χ0) is 17.0. The summed E-state index contributed by atoms with van der Waals surface area (Å²) < 4.78 is 15.6. The van der Waals surface area contributed by atoms with Crippen molar-refractivity contribution in [2.75, 3.05) is 32.7 Å². The highest BCUT2D eigenvalue weighted by molar-refractivity contribution is 6.36. The van der Waals surface area contributed by atoms with Crippen LogP contribution in [-0.2, 0) is 4.74 Å². The van der Waals surface area contributed by atoms with Gasteiger partial charge >= 0.3 is 5.97 Å². The van der Waals surface area contributed by atoms with E-state index in [9.17, 15) is 4.79 Å². The highest BCUT2D eigenvalue weighted by Gasteiger charge is 2.25. The molecule has 0 unspecified atom stereocenters. The molecule has 0 bridgehead atoms. The van der Waals surface area contributed by atoms with E-state index in [1.807, 2.05) is 18.0 Å². The van der Waals surface area contributed by atoms with Gasteiger partial charge in [0.05, 0.1) is 19.6 Å². The number of anilines is 1. The highest BCUT2D eigenvalue weighted by Crippen LogP contribution is 2.38. The minimum Gasteiger partial charge on any atom is -0.481 e. The van der Waals surface area contributed by atoms with Crippen LogP contribution in [0.3, 0.4) is 0 Å². The lowest BCUT2D eigenvalue weighted by Gasteiger charge is -2.16. The van der Waals surface area contributed by atoms with Crippen LogP contribution in [0.15, 0.2) is 23.1 Å². The predicted molar refractivity (Wildman–Crippen MR) is 89.6 cm³/mol. The van der Waals surface area contributed by atoms with E-state index in [2.05, 4.69) is 11.6 Å². The number of aromatic nitrogens is 1. The van der Waals surface area contributed by atoms with Gasteiger partial charge in [-0.25, -0.2) is 9.78 Å². The number of carbonyl (C=O) groups excluding carboxylic acids is 1. The Bertz CT molecular complexity index is 726. The van der Waals surface area contributed by atoms with E-state index in [0.717, 1.165) is 19.4 Å². The van der Waals surface area contributed by atoms with Crippen LogP contribution in [0.5, 0.6) is 5.88 Å². The molecule has 0 saturated heterocycles. The molecule has 0 atom stereocenters. The van der Waals surface area contributed by atoms with Crippen LogP contribution in [0.2, 0.25) is 5.15 Å². The van der Waals surface area contributed by atoms with Crippen LogP contribution < -0.4 is 9.64 Å². The average molecular weight is 339 g/mol. The molecule has 0 amide bonds. The number of hydrogen-bond donors (Lipinski definition) is 0. The van der Waals surface area contributed by atoms with E-state index in [4.69, 9.17) is 25.5 Å². The second-order valence-electron chi connectivity index (χ2n) is 4.96. The molecule has 0 aliphatic rings. The molecule has 6 nitrogen and oxygen atoms in total. The molecular weight excluding hydrogens is 320 g/mol. The Morgan fingerprint density at radius 3 is 2.87 bits per heavy atom. The van der Waals surface area contributed by atoms with Crippen molar-refractivity contribution in [1.82, 2.24) is 4.98 Å². The second-order valence-corrected chi connectivity index (χ2v) is 5.32. The second kappa shape index (κ2) is 7.37. The van der Waals surface area contributed by atoms with Crippen LogP contribution in [0.25, 0.3) is 10.8 Å². The maximum atomic E-state index is 12.0. The number of allylic oxidation sites excluding steroid dienone is 1. The smallest absolute Gasteiger partial charge is 0.374 e. The number of fused-ring (bicyclic) bond motifs is 1. The Kier molecular flexibility index (Phi) is 5.50. The summed E-state index contributed by atoms with van der Waals surface area (Å²) in [4.78, 5) is 18.0. The average Bonchev–Trinajstić information content (AvgIpc) is 2.94. The van der Waals surface area contributed by atoms with Crippen molar-refractivity contribution in [2.24, 2.45) is 0 Å². The van der Waals surface area contributed by atoms with E-state index in [0.29, 0.717) is 22.5 Å². The number of pyridine rings is 1. The number of nitrogens with zero attached hydrogens (tertiary/aromatic N) is 2. The molecule has 0 aromatic carbocycles. The predicted octanol–water partition coefficient (Wildman–Crippen LogP) is 3.68. The Morgan fingerprint density at radius 2 is 2.26 bits per heavy atom. The first-order valence-electron chi connectivity index (χ1n) is 7.10. The molecule has 0 fully saturated rings. The number of methoxy groups -OCH3 is 2. The lowest BCUT2D eigenvalue weighted by atomic mass is 10.2. The normalized spacial score (nSPS) is 10.6. The molecule has 2 aromatic rings. The van der Waals surface area contributed by atoms with Crippen LogP contribution in [0.4, 0.5) is 5.88 Å². The number of esters is 1. The molecule has 7 heteroatoms. The molecule has 0 N–H and O–H groups in total. The number of unbranched alkanes of at least 4 members (excludes halogenated alkanes) is 1. The molecular formula is C16H19ClN2O4. The summed E-state index contributed by atoms with van der Waals surface area (Å²) in [7, 11) is 4.64. The molecule has 0 aliphatic carbocycles. The van der Waals surface area contributed by atoms with Crippen molar-refractivity contribution in [3.63, 3.8) is 0 Å². The van der Waals surface area contributed by atoms with Gasteiger partial charge in [-0.3, -0.25) is 0 Å². The van der Waals surface area contributed by atoms with Gasteiger partial charge in [-0.05, 0) is 12.8 Å². The van der Waals surface area contributed by atoms with Crippen molar-refractivity contribution in [3.05, 3.63) is 29.6 Å². The van der Waals surface area contributed by atoms with E-state index in [1.54, 1.807) is 6.07 Å². The summed E-state index contributed by atoms with van der Waals surface area (Å²) in [6.07, 6.45) is 3.64. The molecule has 2 heterocycles. The van der Waals surface area contributed by atoms with Crippen molar-refractivity contribution in [2.45, 2.75) is 12.8 Å². The van der Waals surface area contributed by atoms with Gasteiger partial charge in [0.25, 0.3) is 0 Å². The van der Waals surface area contributed by atoms with Crippen LogP contribution in [0.1, 0.15) is 23.4 Å². The fourth-order valence-corrected chi connectivity index (χ4v) is 2.53. The largest absolute Gasteiger partial charge is 0.481 e. The van der Waals surface area contributed by atoms with Gasteiger partial charge in [-0.15, -0.1) is 6.58 Å². The third-order valence-corrected chi connectivity index (χ3v) is 3.71. The van der Waals surface area contributed by atoms with Crippen molar-refractivity contribution in [3.8, 4) is 5.88 Å². The minimum absolute atomic E-state index is 0.0793. The highest BCUT2D eigenvalue weighted by atomic mass is 35.5. The summed E-state index contributed by atoms with van der Waals surface area (Å²) in [6, 6.07) is 1.61. The maximum Gasteiger partial charge on any atom is 0.374 e. The number of hydrogen-bond acceptors (Lipinski definition) is 6. The van der Waals surface area contributed by atoms with Gasteiger partial charge in [0.15, 0.2) is 0 Å². The molecule has 0 aliphatic heterocycles. The number of carbonyl (C=O) groups is 1. The van der Waals surface area contributed by atoms with E-state index < -0.39 is 5.97 Å². The van der Waals surface area contributed by atoms with E-state index in [-0.39, 0.29) is 10.9 Å².